The maximum absolute atomic E-state index is 12.4. The monoisotopic (exact) mass is 568 g/mol. The Bertz CT molecular complexity index is 1070. The second-order valence-corrected chi connectivity index (χ2v) is 8.16. The van der Waals surface area contributed by atoms with Crippen LogP contribution in [0.2, 0.25) is 5.15 Å². The lowest BCUT2D eigenvalue weighted by molar-refractivity contribution is 0.0998. The first kappa shape index (κ1) is 23.7. The average Bonchev–Trinajstić information content (AvgIpc) is 3.28. The van der Waals surface area contributed by atoms with E-state index in [-0.39, 0.29) is 28.4 Å². The minimum Gasteiger partial charge on any atom is -0.382 e. The van der Waals surface area contributed by atoms with Crippen LogP contribution in [0, 0.1) is 3.57 Å². The number of rotatable bonds is 9. The van der Waals surface area contributed by atoms with Crippen molar-refractivity contribution in [2.24, 2.45) is 10.7 Å². The molecule has 0 fully saturated rings. The van der Waals surface area contributed by atoms with E-state index in [1.54, 1.807) is 12.5 Å². The van der Waals surface area contributed by atoms with E-state index in [0.717, 1.165) is 14.8 Å². The van der Waals surface area contributed by atoms with Gasteiger partial charge in [0.1, 0.15) is 0 Å². The highest BCUT2D eigenvalue weighted by molar-refractivity contribution is 14.1. The number of H-pyrrole nitrogens is 1. The van der Waals surface area contributed by atoms with Crippen LogP contribution in [0.25, 0.3) is 0 Å². The average molecular weight is 569 g/mol. The van der Waals surface area contributed by atoms with Crippen molar-refractivity contribution in [1.29, 1.82) is 0 Å². The highest BCUT2D eigenvalue weighted by Gasteiger charge is 2.17. The quantitative estimate of drug-likeness (QED) is 0.0968. The number of aromatic nitrogens is 4. The zero-order valence-corrected chi connectivity index (χ0v) is 19.8. The first-order chi connectivity index (χ1) is 15.4. The van der Waals surface area contributed by atoms with Gasteiger partial charge in [0.25, 0.3) is 0 Å². The van der Waals surface area contributed by atoms with E-state index >= 15 is 0 Å². The molecule has 2 aromatic heterocycles. The summed E-state index contributed by atoms with van der Waals surface area (Å²) in [7, 11) is 0. The number of aliphatic imine (C=N–C) groups is 1. The Balaban J connectivity index is 1.52. The van der Waals surface area contributed by atoms with Gasteiger partial charge in [-0.05, 0) is 40.3 Å². The lowest BCUT2D eigenvalue weighted by atomic mass is 10.2. The van der Waals surface area contributed by atoms with Crippen LogP contribution >= 0.6 is 34.2 Å². The first-order valence-electron chi connectivity index (χ1n) is 9.54. The van der Waals surface area contributed by atoms with Crippen LogP contribution in [0.1, 0.15) is 21.7 Å². The van der Waals surface area contributed by atoms with Crippen molar-refractivity contribution >= 4 is 57.7 Å². The molecule has 0 saturated carbocycles. The number of nitrogens with one attached hydrogen (secondary N) is 4. The topological polar surface area (TPSA) is 172 Å². The SMILES string of the molecule is N/C(=N\C(=O)c1nc(Cl)c(NCc2ccc(I)cc2)nc1N)NCCNCc1cnc[nH]1. The van der Waals surface area contributed by atoms with Gasteiger partial charge in [-0.3, -0.25) is 4.79 Å². The number of carbonyl (C=O) groups excluding carboxylic acids is 1. The fourth-order valence-electron chi connectivity index (χ4n) is 2.57. The number of carbonyl (C=O) groups is 1. The molecule has 1 amide bonds. The molecule has 1 aromatic carbocycles. The number of anilines is 2. The molecule has 0 aliphatic carbocycles. The Morgan fingerprint density at radius 2 is 1.97 bits per heavy atom. The van der Waals surface area contributed by atoms with Crippen molar-refractivity contribution in [2.75, 3.05) is 24.1 Å². The van der Waals surface area contributed by atoms with Crippen molar-refractivity contribution < 1.29 is 4.79 Å². The molecule has 3 aromatic rings. The molecule has 3 rings (SSSR count). The van der Waals surface area contributed by atoms with Gasteiger partial charge in [0.15, 0.2) is 28.4 Å². The zero-order chi connectivity index (χ0) is 22.9. The van der Waals surface area contributed by atoms with Gasteiger partial charge in [-0.1, -0.05) is 23.7 Å². The van der Waals surface area contributed by atoms with E-state index in [1.807, 2.05) is 24.3 Å². The van der Waals surface area contributed by atoms with Crippen molar-refractivity contribution in [2.45, 2.75) is 13.1 Å². The zero-order valence-electron chi connectivity index (χ0n) is 16.9. The third-order valence-corrected chi connectivity index (χ3v) is 5.14. The molecule has 11 nitrogen and oxygen atoms in total. The number of nitrogens with zero attached hydrogens (tertiary/aromatic N) is 4. The van der Waals surface area contributed by atoms with Gasteiger partial charge < -0.3 is 32.4 Å². The van der Waals surface area contributed by atoms with E-state index in [0.29, 0.717) is 26.2 Å². The number of hydrogen-bond donors (Lipinski definition) is 6. The van der Waals surface area contributed by atoms with Gasteiger partial charge in [0.05, 0.1) is 6.33 Å². The number of nitrogens with two attached hydrogens (primary N) is 2. The van der Waals surface area contributed by atoms with Gasteiger partial charge in [-0.25, -0.2) is 15.0 Å². The predicted octanol–water partition coefficient (Wildman–Crippen LogP) is 1.49. The highest BCUT2D eigenvalue weighted by Crippen LogP contribution is 2.22. The molecular weight excluding hydrogens is 547 g/mol. The Morgan fingerprint density at radius 3 is 2.69 bits per heavy atom. The molecule has 32 heavy (non-hydrogen) atoms. The minimum atomic E-state index is -0.739. The fourth-order valence-corrected chi connectivity index (χ4v) is 3.12. The molecule has 0 atom stereocenters. The summed E-state index contributed by atoms with van der Waals surface area (Å²) in [4.78, 5) is 31.3. The standard InChI is InChI=1S/C19H22ClIN10O/c20-15-17(27-7-11-1-3-12(21)4-2-11)30-16(22)14(29-15)18(32)31-19(23)26-6-5-24-8-13-9-25-10-28-13/h1-4,9-10,24H,5-8H2,(H,25,28)(H3,22,27,30)(H3,23,26,31,32). The number of hydrogen-bond acceptors (Lipinski definition) is 7. The smallest absolute Gasteiger partial charge is 0.302 e. The summed E-state index contributed by atoms with van der Waals surface area (Å²) >= 11 is 8.41. The van der Waals surface area contributed by atoms with Crippen LogP contribution in [-0.2, 0) is 13.1 Å². The molecule has 0 bridgehead atoms. The van der Waals surface area contributed by atoms with Crippen LogP contribution in [-0.4, -0.2) is 44.9 Å². The number of benzene rings is 1. The number of amides is 1. The summed E-state index contributed by atoms with van der Waals surface area (Å²) in [6.45, 7) is 2.16. The molecule has 0 spiro atoms. The normalized spacial score (nSPS) is 11.4. The number of guanidine groups is 1. The number of imidazole rings is 1. The first-order valence-corrected chi connectivity index (χ1v) is 11.0. The van der Waals surface area contributed by atoms with Gasteiger partial charge in [0.2, 0.25) is 0 Å². The minimum absolute atomic E-state index is 0.0119. The molecule has 8 N–H and O–H groups in total. The van der Waals surface area contributed by atoms with E-state index in [4.69, 9.17) is 23.1 Å². The van der Waals surface area contributed by atoms with Crippen molar-refractivity contribution in [1.82, 2.24) is 30.6 Å². The molecule has 0 radical (unpaired) electrons. The van der Waals surface area contributed by atoms with E-state index < -0.39 is 5.91 Å². The molecule has 168 valence electrons. The number of aromatic amines is 1. The maximum Gasteiger partial charge on any atom is 0.302 e. The molecule has 0 saturated heterocycles. The lowest BCUT2D eigenvalue weighted by Crippen LogP contribution is -2.37. The highest BCUT2D eigenvalue weighted by atomic mass is 127. The van der Waals surface area contributed by atoms with Gasteiger partial charge in [0, 0.05) is 41.6 Å². The Hall–Kier alpha value is -2.97. The summed E-state index contributed by atoms with van der Waals surface area (Å²) < 4.78 is 1.14. The van der Waals surface area contributed by atoms with E-state index in [2.05, 4.69) is 63.5 Å². The maximum atomic E-state index is 12.4. The van der Waals surface area contributed by atoms with Crippen LogP contribution < -0.4 is 27.4 Å². The van der Waals surface area contributed by atoms with Crippen LogP contribution in [0.15, 0.2) is 41.8 Å². The van der Waals surface area contributed by atoms with Gasteiger partial charge >= 0.3 is 5.91 Å². The van der Waals surface area contributed by atoms with Crippen molar-refractivity contribution in [3.63, 3.8) is 0 Å². The molecule has 0 aliphatic rings. The molecule has 13 heteroatoms. The molecule has 2 heterocycles. The van der Waals surface area contributed by atoms with E-state index in [9.17, 15) is 4.79 Å². The lowest BCUT2D eigenvalue weighted by Gasteiger charge is -2.10. The summed E-state index contributed by atoms with van der Waals surface area (Å²) in [6.07, 6.45) is 3.34. The summed E-state index contributed by atoms with van der Waals surface area (Å²) in [5, 5.41) is 9.09. The summed E-state index contributed by atoms with van der Waals surface area (Å²) in [5.74, 6) is -0.618. The van der Waals surface area contributed by atoms with Gasteiger partial charge in [-0.15, -0.1) is 0 Å². The fraction of sp³-hybridized carbons (Fsp3) is 0.211. The number of nitrogen functional groups attached to an aromatic ring is 1. The Kier molecular flexibility index (Phi) is 8.58. The second-order valence-electron chi connectivity index (χ2n) is 6.56. The third kappa shape index (κ3) is 7.03. The Morgan fingerprint density at radius 1 is 1.19 bits per heavy atom. The van der Waals surface area contributed by atoms with E-state index in [1.165, 1.54) is 0 Å². The van der Waals surface area contributed by atoms with Crippen LogP contribution in [0.3, 0.4) is 0 Å². The summed E-state index contributed by atoms with van der Waals surface area (Å²) in [5.41, 5.74) is 13.5. The second kappa shape index (κ2) is 11.6. The number of halogens is 2. The van der Waals surface area contributed by atoms with Crippen LogP contribution in [0.5, 0.6) is 0 Å². The molecular formula is C19H22ClIN10O. The largest absolute Gasteiger partial charge is 0.382 e. The predicted molar refractivity (Wildman–Crippen MR) is 132 cm³/mol. The van der Waals surface area contributed by atoms with Crippen molar-refractivity contribution in [3.8, 4) is 0 Å². The Labute approximate surface area is 203 Å². The van der Waals surface area contributed by atoms with Crippen LogP contribution in [0.4, 0.5) is 11.6 Å². The van der Waals surface area contributed by atoms with Gasteiger partial charge in [-0.2, -0.15) is 4.99 Å². The molecule has 0 unspecified atom stereocenters. The molecule has 0 aliphatic heterocycles. The van der Waals surface area contributed by atoms with Crippen molar-refractivity contribution in [3.05, 3.63) is 62.5 Å². The third-order valence-electron chi connectivity index (χ3n) is 4.16. The summed E-state index contributed by atoms with van der Waals surface area (Å²) in [6, 6.07) is 7.95.